The van der Waals surface area contributed by atoms with Crippen molar-refractivity contribution in [2.24, 2.45) is 11.7 Å². The highest BCUT2D eigenvalue weighted by molar-refractivity contribution is 9.10. The number of rotatable bonds is 1. The molecule has 1 amide bonds. The molecule has 1 aromatic carbocycles. The highest BCUT2D eigenvalue weighted by Gasteiger charge is 2.30. The molecule has 2 atom stereocenters. The van der Waals surface area contributed by atoms with Crippen molar-refractivity contribution in [1.82, 2.24) is 4.90 Å². The van der Waals surface area contributed by atoms with Gasteiger partial charge < -0.3 is 10.6 Å². The maximum absolute atomic E-state index is 12.3. The van der Waals surface area contributed by atoms with Crippen LogP contribution in [0.1, 0.15) is 22.8 Å². The van der Waals surface area contributed by atoms with Crippen molar-refractivity contribution >= 4 is 21.8 Å². The normalized spacial score (nSPS) is 24.1. The first-order chi connectivity index (χ1) is 7.97. The lowest BCUT2D eigenvalue weighted by Gasteiger charge is -2.16. The summed E-state index contributed by atoms with van der Waals surface area (Å²) in [6.07, 6.45) is 0. The SMILES string of the molecule is Cc1cc(Br)cc(C(=O)N2CC(C)C(N)C2)c1. The quantitative estimate of drug-likeness (QED) is 0.863. The van der Waals surface area contributed by atoms with E-state index < -0.39 is 0 Å². The predicted octanol–water partition coefficient (Wildman–Crippen LogP) is 2.18. The number of aryl methyl sites for hydroxylation is 1. The maximum atomic E-state index is 12.3. The standard InChI is InChI=1S/C13H17BrN2O/c1-8-3-10(5-11(14)4-8)13(17)16-6-9(2)12(15)7-16/h3-5,9,12H,6-7,15H2,1-2H3. The van der Waals surface area contributed by atoms with Crippen molar-refractivity contribution in [3.63, 3.8) is 0 Å². The fourth-order valence-corrected chi connectivity index (χ4v) is 2.81. The third-order valence-electron chi connectivity index (χ3n) is 3.25. The van der Waals surface area contributed by atoms with Crippen LogP contribution in [0.3, 0.4) is 0 Å². The molecule has 0 radical (unpaired) electrons. The van der Waals surface area contributed by atoms with Crippen molar-refractivity contribution in [3.05, 3.63) is 33.8 Å². The average Bonchev–Trinajstić information content (AvgIpc) is 2.57. The van der Waals surface area contributed by atoms with Gasteiger partial charge in [-0.15, -0.1) is 0 Å². The molecule has 0 saturated carbocycles. The highest BCUT2D eigenvalue weighted by atomic mass is 79.9. The number of carbonyl (C=O) groups excluding carboxylic acids is 1. The number of benzene rings is 1. The fourth-order valence-electron chi connectivity index (χ4n) is 2.20. The number of hydrogen-bond donors (Lipinski definition) is 1. The van der Waals surface area contributed by atoms with Gasteiger partial charge in [0.05, 0.1) is 0 Å². The summed E-state index contributed by atoms with van der Waals surface area (Å²) in [6.45, 7) is 5.49. The summed E-state index contributed by atoms with van der Waals surface area (Å²) >= 11 is 3.42. The van der Waals surface area contributed by atoms with E-state index >= 15 is 0 Å². The van der Waals surface area contributed by atoms with Crippen LogP contribution >= 0.6 is 15.9 Å². The first-order valence-electron chi connectivity index (χ1n) is 5.79. The molecule has 1 heterocycles. The molecule has 1 saturated heterocycles. The molecule has 4 heteroatoms. The van der Waals surface area contributed by atoms with Crippen LogP contribution in [-0.2, 0) is 0 Å². The first-order valence-corrected chi connectivity index (χ1v) is 6.58. The number of hydrogen-bond acceptors (Lipinski definition) is 2. The number of halogens is 1. The summed E-state index contributed by atoms with van der Waals surface area (Å²) in [5, 5.41) is 0. The number of nitrogens with two attached hydrogens (primary N) is 1. The second-order valence-corrected chi connectivity index (χ2v) is 5.78. The molecular formula is C13H17BrN2O. The zero-order chi connectivity index (χ0) is 12.6. The molecular weight excluding hydrogens is 280 g/mol. The summed E-state index contributed by atoms with van der Waals surface area (Å²) in [4.78, 5) is 14.1. The van der Waals surface area contributed by atoms with E-state index in [9.17, 15) is 4.79 Å². The van der Waals surface area contributed by atoms with E-state index in [-0.39, 0.29) is 11.9 Å². The molecule has 1 aromatic rings. The van der Waals surface area contributed by atoms with Gasteiger partial charge in [0.25, 0.3) is 5.91 Å². The lowest BCUT2D eigenvalue weighted by Crippen LogP contribution is -2.32. The van der Waals surface area contributed by atoms with Crippen LogP contribution in [0.2, 0.25) is 0 Å². The lowest BCUT2D eigenvalue weighted by molar-refractivity contribution is 0.0786. The molecule has 1 aliphatic rings. The van der Waals surface area contributed by atoms with Gasteiger partial charge in [-0.05, 0) is 36.6 Å². The van der Waals surface area contributed by atoms with Gasteiger partial charge in [-0.3, -0.25) is 4.79 Å². The van der Waals surface area contributed by atoms with E-state index in [0.29, 0.717) is 12.5 Å². The van der Waals surface area contributed by atoms with Crippen LogP contribution < -0.4 is 5.73 Å². The van der Waals surface area contributed by atoms with E-state index in [0.717, 1.165) is 22.1 Å². The number of nitrogens with zero attached hydrogens (tertiary/aromatic N) is 1. The maximum Gasteiger partial charge on any atom is 0.253 e. The minimum absolute atomic E-state index is 0.0780. The van der Waals surface area contributed by atoms with E-state index in [2.05, 4.69) is 22.9 Å². The fraction of sp³-hybridized carbons (Fsp3) is 0.462. The molecule has 2 N–H and O–H groups in total. The van der Waals surface area contributed by atoms with Crippen LogP contribution in [0.5, 0.6) is 0 Å². The van der Waals surface area contributed by atoms with Crippen molar-refractivity contribution in [2.45, 2.75) is 19.9 Å². The topological polar surface area (TPSA) is 46.3 Å². The Morgan fingerprint density at radius 3 is 2.65 bits per heavy atom. The third-order valence-corrected chi connectivity index (χ3v) is 3.70. The van der Waals surface area contributed by atoms with E-state index in [1.807, 2.05) is 30.0 Å². The number of carbonyl (C=O) groups is 1. The summed E-state index contributed by atoms with van der Waals surface area (Å²) in [7, 11) is 0. The van der Waals surface area contributed by atoms with E-state index in [4.69, 9.17) is 5.73 Å². The Morgan fingerprint density at radius 1 is 1.41 bits per heavy atom. The van der Waals surface area contributed by atoms with Crippen molar-refractivity contribution in [1.29, 1.82) is 0 Å². The van der Waals surface area contributed by atoms with Gasteiger partial charge in [0.15, 0.2) is 0 Å². The van der Waals surface area contributed by atoms with Crippen LogP contribution in [0, 0.1) is 12.8 Å². The van der Waals surface area contributed by atoms with Gasteiger partial charge in [-0.1, -0.05) is 22.9 Å². The smallest absolute Gasteiger partial charge is 0.253 e. The Hall–Kier alpha value is -0.870. The predicted molar refractivity (Wildman–Crippen MR) is 71.9 cm³/mol. The first kappa shape index (κ1) is 12.6. The van der Waals surface area contributed by atoms with Gasteiger partial charge in [-0.25, -0.2) is 0 Å². The summed E-state index contributed by atoms with van der Waals surface area (Å²) in [6, 6.07) is 5.88. The molecule has 2 unspecified atom stereocenters. The summed E-state index contributed by atoms with van der Waals surface area (Å²) in [5.74, 6) is 0.460. The molecule has 0 aliphatic carbocycles. The summed E-state index contributed by atoms with van der Waals surface area (Å²) in [5.41, 5.74) is 7.76. The minimum atomic E-state index is 0.0780. The Bertz CT molecular complexity index is 417. The molecule has 2 rings (SSSR count). The molecule has 0 aromatic heterocycles. The van der Waals surface area contributed by atoms with Crippen molar-refractivity contribution in [2.75, 3.05) is 13.1 Å². The van der Waals surface area contributed by atoms with Crippen molar-refractivity contribution in [3.8, 4) is 0 Å². The Balaban J connectivity index is 2.20. The lowest BCUT2D eigenvalue weighted by atomic mass is 10.1. The van der Waals surface area contributed by atoms with E-state index in [1.54, 1.807) is 0 Å². The molecule has 17 heavy (non-hydrogen) atoms. The largest absolute Gasteiger partial charge is 0.337 e. The Kier molecular flexibility index (Phi) is 3.54. The van der Waals surface area contributed by atoms with Crippen LogP contribution in [0.4, 0.5) is 0 Å². The highest BCUT2D eigenvalue weighted by Crippen LogP contribution is 2.20. The molecule has 1 aliphatic heterocycles. The monoisotopic (exact) mass is 296 g/mol. The van der Waals surface area contributed by atoms with Crippen molar-refractivity contribution < 1.29 is 4.79 Å². The van der Waals surface area contributed by atoms with Gasteiger partial charge in [0, 0.05) is 29.2 Å². The van der Waals surface area contributed by atoms with E-state index in [1.165, 1.54) is 0 Å². The Labute approximate surface area is 110 Å². The Morgan fingerprint density at radius 2 is 2.12 bits per heavy atom. The molecule has 92 valence electrons. The molecule has 1 fully saturated rings. The molecule has 3 nitrogen and oxygen atoms in total. The van der Waals surface area contributed by atoms with Gasteiger partial charge in [0.1, 0.15) is 0 Å². The van der Waals surface area contributed by atoms with Gasteiger partial charge >= 0.3 is 0 Å². The zero-order valence-corrected chi connectivity index (χ0v) is 11.7. The molecule has 0 spiro atoms. The number of likely N-dealkylation sites (tertiary alicyclic amines) is 1. The second-order valence-electron chi connectivity index (χ2n) is 4.87. The van der Waals surface area contributed by atoms with Crippen LogP contribution in [-0.4, -0.2) is 29.9 Å². The summed E-state index contributed by atoms with van der Waals surface area (Å²) < 4.78 is 0.942. The van der Waals surface area contributed by atoms with Crippen LogP contribution in [0.25, 0.3) is 0 Å². The second kappa shape index (κ2) is 4.78. The molecule has 0 bridgehead atoms. The third kappa shape index (κ3) is 2.69. The van der Waals surface area contributed by atoms with Gasteiger partial charge in [0.2, 0.25) is 0 Å². The van der Waals surface area contributed by atoms with Gasteiger partial charge in [-0.2, -0.15) is 0 Å². The number of amides is 1. The average molecular weight is 297 g/mol. The van der Waals surface area contributed by atoms with Crippen LogP contribution in [0.15, 0.2) is 22.7 Å². The minimum Gasteiger partial charge on any atom is -0.337 e. The zero-order valence-electron chi connectivity index (χ0n) is 10.1.